The summed E-state index contributed by atoms with van der Waals surface area (Å²) < 4.78 is 1.01. The summed E-state index contributed by atoms with van der Waals surface area (Å²) in [6, 6.07) is 20.8. The van der Waals surface area contributed by atoms with Crippen molar-refractivity contribution in [3.8, 4) is 0 Å². The summed E-state index contributed by atoms with van der Waals surface area (Å²) >= 11 is 3.39. The molecule has 6 heteroatoms. The van der Waals surface area contributed by atoms with Crippen molar-refractivity contribution in [3.63, 3.8) is 0 Å². The number of carbonyl (C=O) groups excluding carboxylic acids is 1. The minimum atomic E-state index is -0.121. The molecule has 0 saturated carbocycles. The molecule has 2 aromatic carbocycles. The highest BCUT2D eigenvalue weighted by Gasteiger charge is 2.05. The molecule has 0 saturated heterocycles. The Kier molecular flexibility index (Phi) is 5.18. The smallest absolute Gasteiger partial charge is 0.229 e. The molecule has 120 valence electrons. The lowest BCUT2D eigenvalue weighted by Crippen LogP contribution is -2.15. The maximum atomic E-state index is 12.0. The molecule has 0 unspecified atom stereocenters. The zero-order chi connectivity index (χ0) is 16.8. The van der Waals surface area contributed by atoms with Gasteiger partial charge in [-0.15, -0.1) is 10.2 Å². The summed E-state index contributed by atoms with van der Waals surface area (Å²) in [4.78, 5) is 12.0. The van der Waals surface area contributed by atoms with Gasteiger partial charge in [-0.1, -0.05) is 46.3 Å². The third-order valence-electron chi connectivity index (χ3n) is 3.26. The summed E-state index contributed by atoms with van der Waals surface area (Å²) in [7, 11) is 0. The normalized spacial score (nSPS) is 10.2. The number of nitrogens with one attached hydrogen (secondary N) is 2. The third kappa shape index (κ3) is 4.63. The van der Waals surface area contributed by atoms with E-state index in [1.165, 1.54) is 0 Å². The molecule has 1 heterocycles. The minimum absolute atomic E-state index is 0.121. The number of hydrogen-bond donors (Lipinski definition) is 2. The van der Waals surface area contributed by atoms with Gasteiger partial charge in [0.25, 0.3) is 0 Å². The second-order valence-electron chi connectivity index (χ2n) is 5.15. The first-order valence-corrected chi connectivity index (χ1v) is 8.18. The topological polar surface area (TPSA) is 66.9 Å². The van der Waals surface area contributed by atoms with Gasteiger partial charge in [-0.3, -0.25) is 4.79 Å². The van der Waals surface area contributed by atoms with Gasteiger partial charge in [0.15, 0.2) is 11.6 Å². The molecule has 0 spiro atoms. The Labute approximate surface area is 148 Å². The van der Waals surface area contributed by atoms with Crippen molar-refractivity contribution in [1.82, 2.24) is 10.2 Å². The van der Waals surface area contributed by atoms with Gasteiger partial charge >= 0.3 is 0 Å². The van der Waals surface area contributed by atoms with Crippen molar-refractivity contribution < 1.29 is 4.79 Å². The molecule has 24 heavy (non-hydrogen) atoms. The van der Waals surface area contributed by atoms with Crippen LogP contribution in [-0.4, -0.2) is 16.1 Å². The van der Waals surface area contributed by atoms with E-state index in [0.29, 0.717) is 18.1 Å². The number of aromatic nitrogens is 2. The Balaban J connectivity index is 1.58. The van der Waals surface area contributed by atoms with E-state index in [9.17, 15) is 4.79 Å². The van der Waals surface area contributed by atoms with Crippen LogP contribution in [0.5, 0.6) is 0 Å². The zero-order valence-corrected chi connectivity index (χ0v) is 14.3. The SMILES string of the molecule is O=C(Cc1ccccc1)Nc1ccc(Nc2ccc(Br)cc2)nn1. The molecule has 1 amide bonds. The molecule has 3 rings (SSSR count). The standard InChI is InChI=1S/C18H15BrN4O/c19-14-6-8-15(9-7-14)20-16-10-11-17(23-22-16)21-18(24)12-13-4-2-1-3-5-13/h1-11H,12H2,(H,20,22)(H,21,23,24). The van der Waals surface area contributed by atoms with Crippen LogP contribution >= 0.6 is 15.9 Å². The lowest BCUT2D eigenvalue weighted by molar-refractivity contribution is -0.115. The van der Waals surface area contributed by atoms with E-state index in [4.69, 9.17) is 0 Å². The van der Waals surface area contributed by atoms with Gasteiger partial charge in [0.05, 0.1) is 6.42 Å². The molecule has 0 aliphatic heterocycles. The zero-order valence-electron chi connectivity index (χ0n) is 12.7. The summed E-state index contributed by atoms with van der Waals surface area (Å²) in [5.41, 5.74) is 1.87. The number of anilines is 3. The van der Waals surface area contributed by atoms with Crippen LogP contribution in [0.4, 0.5) is 17.3 Å². The number of carbonyl (C=O) groups is 1. The summed E-state index contributed by atoms with van der Waals surface area (Å²) in [6.07, 6.45) is 0.307. The predicted octanol–water partition coefficient (Wildman–Crippen LogP) is 4.16. The van der Waals surface area contributed by atoms with Crippen LogP contribution in [-0.2, 0) is 11.2 Å². The molecule has 0 bridgehead atoms. The highest BCUT2D eigenvalue weighted by molar-refractivity contribution is 9.10. The van der Waals surface area contributed by atoms with Crippen molar-refractivity contribution >= 4 is 39.2 Å². The van der Waals surface area contributed by atoms with Crippen LogP contribution in [0.2, 0.25) is 0 Å². The molecular weight excluding hydrogens is 368 g/mol. The Hall–Kier alpha value is -2.73. The van der Waals surface area contributed by atoms with Crippen LogP contribution in [0.25, 0.3) is 0 Å². The fourth-order valence-electron chi connectivity index (χ4n) is 2.12. The number of rotatable bonds is 5. The number of hydrogen-bond acceptors (Lipinski definition) is 4. The van der Waals surface area contributed by atoms with E-state index < -0.39 is 0 Å². The minimum Gasteiger partial charge on any atom is -0.339 e. The molecule has 5 nitrogen and oxygen atoms in total. The van der Waals surface area contributed by atoms with Crippen molar-refractivity contribution in [2.24, 2.45) is 0 Å². The van der Waals surface area contributed by atoms with Crippen LogP contribution < -0.4 is 10.6 Å². The summed E-state index contributed by atoms with van der Waals surface area (Å²) in [5.74, 6) is 0.916. The summed E-state index contributed by atoms with van der Waals surface area (Å²) in [5, 5.41) is 14.0. The van der Waals surface area contributed by atoms with Gasteiger partial charge in [0.1, 0.15) is 0 Å². The number of halogens is 1. The number of benzene rings is 2. The van der Waals surface area contributed by atoms with E-state index in [0.717, 1.165) is 15.7 Å². The van der Waals surface area contributed by atoms with Crippen LogP contribution in [0.3, 0.4) is 0 Å². The molecule has 0 aliphatic rings. The highest BCUT2D eigenvalue weighted by atomic mass is 79.9. The quantitative estimate of drug-likeness (QED) is 0.694. The monoisotopic (exact) mass is 382 g/mol. The van der Waals surface area contributed by atoms with Crippen LogP contribution in [0, 0.1) is 0 Å². The molecule has 2 N–H and O–H groups in total. The van der Waals surface area contributed by atoms with Gasteiger partial charge in [-0.05, 0) is 42.0 Å². The molecule has 0 radical (unpaired) electrons. The van der Waals surface area contributed by atoms with Gasteiger partial charge in [0, 0.05) is 10.2 Å². The Morgan fingerprint density at radius 2 is 1.54 bits per heavy atom. The molecule has 0 atom stereocenters. The molecular formula is C18H15BrN4O. The molecule has 3 aromatic rings. The number of amides is 1. The first kappa shape index (κ1) is 16.1. The first-order valence-electron chi connectivity index (χ1n) is 7.39. The van der Waals surface area contributed by atoms with Gasteiger partial charge in [-0.25, -0.2) is 0 Å². The van der Waals surface area contributed by atoms with E-state index in [-0.39, 0.29) is 5.91 Å². The van der Waals surface area contributed by atoms with Gasteiger partial charge in [0.2, 0.25) is 5.91 Å². The molecule has 1 aromatic heterocycles. The lowest BCUT2D eigenvalue weighted by Gasteiger charge is -2.07. The van der Waals surface area contributed by atoms with Crippen LogP contribution in [0.1, 0.15) is 5.56 Å². The predicted molar refractivity (Wildman–Crippen MR) is 98.2 cm³/mol. The second kappa shape index (κ2) is 7.70. The largest absolute Gasteiger partial charge is 0.339 e. The molecule has 0 aliphatic carbocycles. The maximum absolute atomic E-state index is 12.0. The average molecular weight is 383 g/mol. The van der Waals surface area contributed by atoms with Crippen molar-refractivity contribution in [2.75, 3.05) is 10.6 Å². The van der Waals surface area contributed by atoms with E-state index in [1.54, 1.807) is 12.1 Å². The first-order chi connectivity index (χ1) is 11.7. The summed E-state index contributed by atoms with van der Waals surface area (Å²) in [6.45, 7) is 0. The second-order valence-corrected chi connectivity index (χ2v) is 6.06. The Bertz CT molecular complexity index is 805. The van der Waals surface area contributed by atoms with Gasteiger partial charge < -0.3 is 10.6 Å². The van der Waals surface area contributed by atoms with Crippen molar-refractivity contribution in [3.05, 3.63) is 76.8 Å². The maximum Gasteiger partial charge on any atom is 0.229 e. The fourth-order valence-corrected chi connectivity index (χ4v) is 2.38. The lowest BCUT2D eigenvalue weighted by atomic mass is 10.1. The Morgan fingerprint density at radius 3 is 2.21 bits per heavy atom. The molecule has 0 fully saturated rings. The van der Waals surface area contributed by atoms with E-state index in [1.807, 2.05) is 54.6 Å². The van der Waals surface area contributed by atoms with Crippen LogP contribution in [0.15, 0.2) is 71.2 Å². The fraction of sp³-hybridized carbons (Fsp3) is 0.0556. The van der Waals surface area contributed by atoms with Crippen molar-refractivity contribution in [2.45, 2.75) is 6.42 Å². The highest BCUT2D eigenvalue weighted by Crippen LogP contribution is 2.18. The van der Waals surface area contributed by atoms with Crippen molar-refractivity contribution in [1.29, 1.82) is 0 Å². The average Bonchev–Trinajstić information content (AvgIpc) is 2.59. The van der Waals surface area contributed by atoms with Gasteiger partial charge in [-0.2, -0.15) is 0 Å². The van der Waals surface area contributed by atoms with E-state index in [2.05, 4.69) is 36.8 Å². The van der Waals surface area contributed by atoms with E-state index >= 15 is 0 Å². The third-order valence-corrected chi connectivity index (χ3v) is 3.78. The number of nitrogens with zero attached hydrogens (tertiary/aromatic N) is 2. The Morgan fingerprint density at radius 1 is 0.875 bits per heavy atom.